The van der Waals surface area contributed by atoms with Gasteiger partial charge < -0.3 is 10.2 Å². The highest BCUT2D eigenvalue weighted by atomic mass is 32.2. The highest BCUT2D eigenvalue weighted by molar-refractivity contribution is 7.89. The lowest BCUT2D eigenvalue weighted by Gasteiger charge is -2.30. The van der Waals surface area contributed by atoms with Crippen LogP contribution in [0.2, 0.25) is 0 Å². The Morgan fingerprint density at radius 1 is 1.29 bits per heavy atom. The molecule has 1 aliphatic heterocycles. The summed E-state index contributed by atoms with van der Waals surface area (Å²) in [6.45, 7) is 1.81. The molecule has 1 fully saturated rings. The molecule has 0 atom stereocenters. The summed E-state index contributed by atoms with van der Waals surface area (Å²) in [7, 11) is -0.678. The molecule has 0 unspecified atom stereocenters. The largest absolute Gasteiger partial charge is 0.371 e. The summed E-state index contributed by atoms with van der Waals surface area (Å²) in [5, 5.41) is 2.63. The minimum absolute atomic E-state index is 0.0964. The number of piperidine rings is 1. The molecule has 24 heavy (non-hydrogen) atoms. The molecule has 0 radical (unpaired) electrons. The highest BCUT2D eigenvalue weighted by Gasteiger charge is 2.23. The second-order valence-corrected chi connectivity index (χ2v) is 8.05. The van der Waals surface area contributed by atoms with E-state index in [1.807, 2.05) is 0 Å². The third-order valence-corrected chi connectivity index (χ3v) is 5.85. The van der Waals surface area contributed by atoms with Crippen LogP contribution in [-0.4, -0.2) is 52.4 Å². The number of nitrogens with one attached hydrogen (secondary N) is 1. The number of carbonyl (C=O) groups excluding carboxylic acids is 1. The van der Waals surface area contributed by atoms with Crippen LogP contribution in [0.5, 0.6) is 0 Å². The van der Waals surface area contributed by atoms with Crippen molar-refractivity contribution < 1.29 is 13.2 Å². The van der Waals surface area contributed by atoms with Crippen LogP contribution >= 0.6 is 0 Å². The Morgan fingerprint density at radius 2 is 1.96 bits per heavy atom. The minimum Gasteiger partial charge on any atom is -0.371 e. The molecular formula is C17H23N3O3S. The lowest BCUT2D eigenvalue weighted by Crippen LogP contribution is -2.33. The van der Waals surface area contributed by atoms with E-state index in [4.69, 9.17) is 6.42 Å². The number of rotatable bonds is 5. The van der Waals surface area contributed by atoms with Gasteiger partial charge in [-0.25, -0.2) is 12.7 Å². The van der Waals surface area contributed by atoms with Crippen LogP contribution in [0.15, 0.2) is 23.1 Å². The van der Waals surface area contributed by atoms with Crippen molar-refractivity contribution in [3.63, 3.8) is 0 Å². The van der Waals surface area contributed by atoms with Gasteiger partial charge >= 0.3 is 0 Å². The quantitative estimate of drug-likeness (QED) is 0.814. The first kappa shape index (κ1) is 18.3. The SMILES string of the molecule is C#CCNC(=O)c1cc(S(=O)(=O)N(C)C)ccc1N1CCCCC1. The van der Waals surface area contributed by atoms with Crippen LogP contribution in [0.1, 0.15) is 29.6 Å². The lowest BCUT2D eigenvalue weighted by molar-refractivity contribution is 0.0959. The van der Waals surface area contributed by atoms with Crippen LogP contribution in [0, 0.1) is 12.3 Å². The van der Waals surface area contributed by atoms with E-state index in [0.29, 0.717) is 5.56 Å². The number of nitrogens with zero attached hydrogens (tertiary/aromatic N) is 2. The number of benzene rings is 1. The van der Waals surface area contributed by atoms with Crippen LogP contribution in [0.25, 0.3) is 0 Å². The Morgan fingerprint density at radius 3 is 2.54 bits per heavy atom. The van der Waals surface area contributed by atoms with E-state index in [1.54, 1.807) is 12.1 Å². The molecule has 0 saturated carbocycles. The third kappa shape index (κ3) is 3.89. The van der Waals surface area contributed by atoms with Gasteiger partial charge in [0.2, 0.25) is 10.0 Å². The Balaban J connectivity index is 2.47. The van der Waals surface area contributed by atoms with Gasteiger partial charge in [0.15, 0.2) is 0 Å². The standard InChI is InChI=1S/C17H23N3O3S/c1-4-10-18-17(21)15-13-14(24(22,23)19(2)3)8-9-16(15)20-11-6-5-7-12-20/h1,8-9,13H,5-7,10-12H2,2-3H3,(H,18,21). The monoisotopic (exact) mass is 349 g/mol. The van der Waals surface area contributed by atoms with E-state index < -0.39 is 10.0 Å². The van der Waals surface area contributed by atoms with Gasteiger partial charge in [0, 0.05) is 32.9 Å². The normalized spacial score (nSPS) is 15.2. The zero-order chi connectivity index (χ0) is 17.7. The van der Waals surface area contributed by atoms with E-state index in [1.165, 1.54) is 26.6 Å². The number of amides is 1. The van der Waals surface area contributed by atoms with Crippen LogP contribution in [0.3, 0.4) is 0 Å². The average Bonchev–Trinajstić information content (AvgIpc) is 2.59. The van der Waals surface area contributed by atoms with Gasteiger partial charge in [-0.15, -0.1) is 6.42 Å². The third-order valence-electron chi connectivity index (χ3n) is 4.04. The summed E-state index contributed by atoms with van der Waals surface area (Å²) in [5.74, 6) is 2.00. The maximum absolute atomic E-state index is 12.5. The summed E-state index contributed by atoms with van der Waals surface area (Å²) >= 11 is 0. The fraction of sp³-hybridized carbons (Fsp3) is 0.471. The van der Waals surface area contributed by atoms with Crippen LogP contribution in [-0.2, 0) is 10.0 Å². The summed E-state index contributed by atoms with van der Waals surface area (Å²) in [4.78, 5) is 14.7. The summed E-state index contributed by atoms with van der Waals surface area (Å²) in [5.41, 5.74) is 1.09. The van der Waals surface area contributed by atoms with E-state index >= 15 is 0 Å². The summed E-state index contributed by atoms with van der Waals surface area (Å²) < 4.78 is 25.8. The molecule has 7 heteroatoms. The average molecular weight is 349 g/mol. The summed E-state index contributed by atoms with van der Waals surface area (Å²) in [6, 6.07) is 4.70. The molecular weight excluding hydrogens is 326 g/mol. The van der Waals surface area contributed by atoms with Gasteiger partial charge in [0.1, 0.15) is 0 Å². The van der Waals surface area contributed by atoms with Crippen molar-refractivity contribution in [2.75, 3.05) is 38.6 Å². The minimum atomic E-state index is -3.61. The van der Waals surface area contributed by atoms with Crippen molar-refractivity contribution in [3.8, 4) is 12.3 Å². The lowest BCUT2D eigenvalue weighted by atomic mass is 10.1. The summed E-state index contributed by atoms with van der Waals surface area (Å²) in [6.07, 6.45) is 8.48. The van der Waals surface area contributed by atoms with Gasteiger partial charge in [-0.05, 0) is 37.5 Å². The molecule has 1 saturated heterocycles. The number of anilines is 1. The van der Waals surface area contributed by atoms with Gasteiger partial charge in [-0.2, -0.15) is 0 Å². The number of hydrogen-bond acceptors (Lipinski definition) is 4. The first-order valence-electron chi connectivity index (χ1n) is 7.91. The fourth-order valence-electron chi connectivity index (χ4n) is 2.71. The van der Waals surface area contributed by atoms with Crippen molar-refractivity contribution in [2.24, 2.45) is 0 Å². The van der Waals surface area contributed by atoms with Gasteiger partial charge in [0.25, 0.3) is 5.91 Å². The van der Waals surface area contributed by atoms with Gasteiger partial charge in [-0.1, -0.05) is 5.92 Å². The van der Waals surface area contributed by atoms with Crippen molar-refractivity contribution >= 4 is 21.6 Å². The predicted molar refractivity (Wildman–Crippen MR) is 94.5 cm³/mol. The number of hydrogen-bond donors (Lipinski definition) is 1. The Labute approximate surface area is 143 Å². The molecule has 1 amide bonds. The molecule has 1 aliphatic rings. The zero-order valence-corrected chi connectivity index (χ0v) is 14.9. The van der Waals surface area contributed by atoms with Crippen molar-refractivity contribution in [2.45, 2.75) is 24.2 Å². The Hall–Kier alpha value is -2.04. The maximum Gasteiger partial charge on any atom is 0.254 e. The molecule has 1 heterocycles. The first-order valence-corrected chi connectivity index (χ1v) is 9.35. The molecule has 0 spiro atoms. The molecule has 1 aromatic rings. The maximum atomic E-state index is 12.5. The number of terminal acetylenes is 1. The molecule has 0 aromatic heterocycles. The van der Waals surface area contributed by atoms with Crippen LogP contribution in [0.4, 0.5) is 5.69 Å². The second kappa shape index (κ2) is 7.69. The molecule has 130 valence electrons. The second-order valence-electron chi connectivity index (χ2n) is 5.90. The molecule has 0 aliphatic carbocycles. The van der Waals surface area contributed by atoms with Gasteiger partial charge in [-0.3, -0.25) is 4.79 Å². The van der Waals surface area contributed by atoms with E-state index in [0.717, 1.165) is 35.9 Å². The number of carbonyl (C=O) groups is 1. The molecule has 6 nitrogen and oxygen atoms in total. The van der Waals surface area contributed by atoms with Gasteiger partial charge in [0.05, 0.1) is 17.0 Å². The number of sulfonamides is 1. The first-order chi connectivity index (χ1) is 11.4. The van der Waals surface area contributed by atoms with Crippen molar-refractivity contribution in [1.29, 1.82) is 0 Å². The van der Waals surface area contributed by atoms with Crippen LogP contribution < -0.4 is 10.2 Å². The van der Waals surface area contributed by atoms with E-state index in [-0.39, 0.29) is 17.3 Å². The van der Waals surface area contributed by atoms with E-state index in [9.17, 15) is 13.2 Å². The predicted octanol–water partition coefficient (Wildman–Crippen LogP) is 1.29. The Kier molecular flexibility index (Phi) is 5.86. The molecule has 0 bridgehead atoms. The Bertz CT molecular complexity index is 745. The smallest absolute Gasteiger partial charge is 0.254 e. The molecule has 2 rings (SSSR count). The van der Waals surface area contributed by atoms with Crippen molar-refractivity contribution in [1.82, 2.24) is 9.62 Å². The highest BCUT2D eigenvalue weighted by Crippen LogP contribution is 2.27. The van der Waals surface area contributed by atoms with E-state index in [2.05, 4.69) is 16.1 Å². The topological polar surface area (TPSA) is 69.7 Å². The molecule has 1 aromatic carbocycles. The molecule has 1 N–H and O–H groups in total. The van der Waals surface area contributed by atoms with Crippen molar-refractivity contribution in [3.05, 3.63) is 23.8 Å². The zero-order valence-electron chi connectivity index (χ0n) is 14.1. The fourth-order valence-corrected chi connectivity index (χ4v) is 3.63.